The second kappa shape index (κ2) is 7.39. The van der Waals surface area contributed by atoms with Crippen molar-refractivity contribution in [3.05, 3.63) is 97.9 Å². The molecule has 3 aromatic carbocycles. The van der Waals surface area contributed by atoms with Gasteiger partial charge in [0, 0.05) is 18.3 Å². The van der Waals surface area contributed by atoms with Crippen LogP contribution in [0.15, 0.2) is 57.7 Å². The molecule has 0 aliphatic carbocycles. The minimum absolute atomic E-state index is 0.0483. The Bertz CT molecular complexity index is 1970. The molecule has 7 rings (SSSR count). The van der Waals surface area contributed by atoms with Gasteiger partial charge >= 0.3 is 0 Å². The summed E-state index contributed by atoms with van der Waals surface area (Å²) in [7, 11) is 1.67. The quantitative estimate of drug-likeness (QED) is 0.290. The smallest absolute Gasteiger partial charge is 0.297 e. The Morgan fingerprint density at radius 3 is 2.45 bits per heavy atom. The van der Waals surface area contributed by atoms with E-state index in [-0.39, 0.29) is 16.8 Å². The van der Waals surface area contributed by atoms with E-state index in [1.807, 2.05) is 58.0 Å². The van der Waals surface area contributed by atoms with Crippen LogP contribution in [0.25, 0.3) is 21.2 Å². The third-order valence-corrected chi connectivity index (χ3v) is 8.87. The zero-order valence-corrected chi connectivity index (χ0v) is 22.3. The van der Waals surface area contributed by atoms with Gasteiger partial charge in [-0.25, -0.2) is 4.98 Å². The van der Waals surface area contributed by atoms with Gasteiger partial charge in [0.25, 0.3) is 11.8 Å². The van der Waals surface area contributed by atoms with Crippen LogP contribution in [-0.4, -0.2) is 23.8 Å². The summed E-state index contributed by atoms with van der Waals surface area (Å²) >= 11 is 1.33. The van der Waals surface area contributed by atoms with Gasteiger partial charge in [0.15, 0.2) is 16.1 Å². The molecule has 2 aromatic heterocycles. The normalized spacial score (nSPS) is 18.3. The zero-order valence-electron chi connectivity index (χ0n) is 21.5. The molecule has 0 fully saturated rings. The number of carbonyl (C=O) groups is 2. The maximum atomic E-state index is 14.4. The molecule has 7 nitrogen and oxygen atoms in total. The molecule has 4 heterocycles. The molecular formula is C30H23N3O4S. The van der Waals surface area contributed by atoms with E-state index in [2.05, 4.69) is 0 Å². The second-order valence-corrected chi connectivity index (χ2v) is 11.2. The molecule has 2 aliphatic rings. The molecular weight excluding hydrogens is 498 g/mol. The van der Waals surface area contributed by atoms with Gasteiger partial charge < -0.3 is 9.32 Å². The number of fused-ring (bicyclic) bond motifs is 6. The number of aromatic nitrogens is 1. The molecule has 0 bridgehead atoms. The average molecular weight is 522 g/mol. The molecule has 0 saturated carbocycles. The minimum Gasteiger partial charge on any atom is -0.450 e. The third-order valence-electron chi connectivity index (χ3n) is 7.88. The van der Waals surface area contributed by atoms with Gasteiger partial charge in [-0.2, -0.15) is 0 Å². The summed E-state index contributed by atoms with van der Waals surface area (Å²) in [5, 5.41) is 0.691. The van der Waals surface area contributed by atoms with Gasteiger partial charge in [0.05, 0.1) is 21.2 Å². The van der Waals surface area contributed by atoms with Gasteiger partial charge in [-0.1, -0.05) is 35.6 Å². The maximum Gasteiger partial charge on any atom is 0.297 e. The van der Waals surface area contributed by atoms with Gasteiger partial charge in [-0.15, -0.1) is 0 Å². The van der Waals surface area contributed by atoms with Crippen molar-refractivity contribution >= 4 is 55.2 Å². The number of hydrogen-bond acceptors (Lipinski definition) is 6. The van der Waals surface area contributed by atoms with Crippen LogP contribution in [0.3, 0.4) is 0 Å². The minimum atomic E-state index is -1.72. The fraction of sp³-hybridized carbons (Fsp3) is 0.200. The highest BCUT2D eigenvalue weighted by atomic mass is 32.1. The Labute approximate surface area is 221 Å². The summed E-state index contributed by atoms with van der Waals surface area (Å²) in [6, 6.07) is 14.9. The van der Waals surface area contributed by atoms with Crippen molar-refractivity contribution in [2.75, 3.05) is 16.8 Å². The van der Waals surface area contributed by atoms with Crippen molar-refractivity contribution in [3.8, 4) is 0 Å². The van der Waals surface area contributed by atoms with E-state index in [9.17, 15) is 14.4 Å². The summed E-state index contributed by atoms with van der Waals surface area (Å²) in [6.07, 6.45) is 0. The number of likely N-dealkylation sites (N-methyl/N-ethyl adjacent to an activating group) is 1. The molecule has 38 heavy (non-hydrogen) atoms. The number of anilines is 2. The van der Waals surface area contributed by atoms with Crippen molar-refractivity contribution in [1.29, 1.82) is 0 Å². The highest BCUT2D eigenvalue weighted by Crippen LogP contribution is 2.54. The molecule has 1 unspecified atom stereocenters. The number of benzene rings is 3. The Morgan fingerprint density at radius 2 is 1.66 bits per heavy atom. The van der Waals surface area contributed by atoms with Crippen molar-refractivity contribution in [2.45, 2.75) is 33.2 Å². The van der Waals surface area contributed by atoms with Crippen molar-refractivity contribution in [1.82, 2.24) is 4.98 Å². The Hall–Kier alpha value is -4.30. The lowest BCUT2D eigenvalue weighted by molar-refractivity contribution is -0.121. The van der Waals surface area contributed by atoms with E-state index in [1.54, 1.807) is 25.2 Å². The number of thiazole rings is 1. The highest BCUT2D eigenvalue weighted by Gasteiger charge is 2.65. The van der Waals surface area contributed by atoms with Gasteiger partial charge in [0.1, 0.15) is 5.58 Å². The summed E-state index contributed by atoms with van der Waals surface area (Å²) in [5.41, 5.74) is 4.14. The standard InChI is InChI=1S/C30H23N3O4S/c1-14-10-17(4)24-22(11-14)38-29(31-24)33-27(35)26-23(25(34)18-12-15(2)16(3)13-21(18)37-26)30(33)19-8-6-7-9-20(19)32(5)28(30)36/h6-13H,1-5H3. The number of rotatable bonds is 1. The van der Waals surface area contributed by atoms with Gasteiger partial charge in [0.2, 0.25) is 5.76 Å². The van der Waals surface area contributed by atoms with E-state index >= 15 is 0 Å². The van der Waals surface area contributed by atoms with Crippen LogP contribution in [0.1, 0.15) is 43.9 Å². The van der Waals surface area contributed by atoms with Crippen molar-refractivity contribution in [3.63, 3.8) is 0 Å². The Morgan fingerprint density at radius 1 is 0.921 bits per heavy atom. The lowest BCUT2D eigenvalue weighted by atomic mass is 9.84. The van der Waals surface area contributed by atoms with E-state index in [4.69, 9.17) is 9.40 Å². The highest BCUT2D eigenvalue weighted by molar-refractivity contribution is 7.22. The molecule has 0 N–H and O–H groups in total. The molecule has 0 saturated heterocycles. The number of nitrogens with zero attached hydrogens (tertiary/aromatic N) is 3. The number of aryl methyl sites for hydroxylation is 4. The average Bonchev–Trinajstić information content (AvgIpc) is 3.48. The van der Waals surface area contributed by atoms with Crippen LogP contribution in [-0.2, 0) is 10.3 Å². The first kappa shape index (κ1) is 22.9. The topological polar surface area (TPSA) is 83.7 Å². The molecule has 2 aliphatic heterocycles. The molecule has 1 atom stereocenters. The van der Waals surface area contributed by atoms with Crippen LogP contribution in [0, 0.1) is 27.7 Å². The van der Waals surface area contributed by atoms with Gasteiger partial charge in [-0.05, 0) is 74.2 Å². The second-order valence-electron chi connectivity index (χ2n) is 10.2. The Balaban J connectivity index is 1.64. The molecule has 5 aromatic rings. The van der Waals surface area contributed by atoms with E-state index in [0.29, 0.717) is 27.4 Å². The van der Waals surface area contributed by atoms with Crippen LogP contribution in [0.2, 0.25) is 0 Å². The molecule has 1 spiro atoms. The van der Waals surface area contributed by atoms with E-state index < -0.39 is 17.4 Å². The number of para-hydroxylation sites is 1. The fourth-order valence-electron chi connectivity index (χ4n) is 5.98. The fourth-order valence-corrected chi connectivity index (χ4v) is 7.17. The molecule has 8 heteroatoms. The monoisotopic (exact) mass is 521 g/mol. The predicted molar refractivity (Wildman–Crippen MR) is 148 cm³/mol. The zero-order chi connectivity index (χ0) is 26.7. The van der Waals surface area contributed by atoms with Crippen molar-refractivity contribution < 1.29 is 14.0 Å². The summed E-state index contributed by atoms with van der Waals surface area (Å²) in [5.74, 6) is -1.06. The lowest BCUT2D eigenvalue weighted by Crippen LogP contribution is -2.53. The number of carbonyl (C=O) groups excluding carboxylic acids is 2. The number of hydrogen-bond donors (Lipinski definition) is 0. The first-order chi connectivity index (χ1) is 18.1. The summed E-state index contributed by atoms with van der Waals surface area (Å²) in [4.78, 5) is 50.7. The van der Waals surface area contributed by atoms with E-state index in [1.165, 1.54) is 21.1 Å². The predicted octanol–water partition coefficient (Wildman–Crippen LogP) is 5.52. The largest absolute Gasteiger partial charge is 0.450 e. The van der Waals surface area contributed by atoms with Crippen LogP contribution in [0.5, 0.6) is 0 Å². The van der Waals surface area contributed by atoms with Crippen LogP contribution in [0.4, 0.5) is 10.8 Å². The first-order valence-electron chi connectivity index (χ1n) is 12.3. The molecule has 0 radical (unpaired) electrons. The first-order valence-corrected chi connectivity index (χ1v) is 13.1. The SMILES string of the molecule is Cc1cc(C)c2nc(N3C(=O)c4oc5cc(C)c(C)cc5c(=O)c4C34C(=O)N(C)c3ccccc34)sc2c1. The molecule has 2 amide bonds. The maximum absolute atomic E-state index is 14.4. The lowest BCUT2D eigenvalue weighted by Gasteiger charge is -2.31. The summed E-state index contributed by atoms with van der Waals surface area (Å²) < 4.78 is 7.10. The molecule has 188 valence electrons. The van der Waals surface area contributed by atoms with Crippen LogP contribution < -0.4 is 15.2 Å². The summed E-state index contributed by atoms with van der Waals surface area (Å²) in [6.45, 7) is 7.83. The van der Waals surface area contributed by atoms with Gasteiger partial charge in [-0.3, -0.25) is 19.3 Å². The Kier molecular flexibility index (Phi) is 4.44. The van der Waals surface area contributed by atoms with Crippen LogP contribution >= 0.6 is 11.3 Å². The van der Waals surface area contributed by atoms with E-state index in [0.717, 1.165) is 32.5 Å². The third kappa shape index (κ3) is 2.62. The number of amides is 2. The van der Waals surface area contributed by atoms with Crippen molar-refractivity contribution in [2.24, 2.45) is 0 Å².